The van der Waals surface area contributed by atoms with E-state index < -0.39 is 12.0 Å². The fourth-order valence-electron chi connectivity index (χ4n) is 3.62. The van der Waals surface area contributed by atoms with Crippen LogP contribution >= 0.6 is 0 Å². The first-order chi connectivity index (χ1) is 8.91. The topological polar surface area (TPSA) is 69.6 Å². The van der Waals surface area contributed by atoms with E-state index in [1.165, 1.54) is 0 Å². The van der Waals surface area contributed by atoms with Crippen LogP contribution < -0.4 is 5.32 Å². The molecule has 2 fully saturated rings. The Morgan fingerprint density at radius 3 is 2.53 bits per heavy atom. The fourth-order valence-corrected chi connectivity index (χ4v) is 3.62. The zero-order valence-corrected chi connectivity index (χ0v) is 11.9. The molecule has 1 aliphatic carbocycles. The maximum atomic E-state index is 12.1. The number of carboxylic acids is 1. The molecule has 1 amide bonds. The molecule has 5 heteroatoms. The van der Waals surface area contributed by atoms with Crippen molar-refractivity contribution >= 4 is 11.9 Å². The Hall–Kier alpha value is -1.10. The van der Waals surface area contributed by atoms with E-state index in [1.54, 1.807) is 0 Å². The highest BCUT2D eigenvalue weighted by atomic mass is 16.4. The number of hydrogen-bond donors (Lipinski definition) is 2. The standard InChI is InChI=1S/C14H24N2O3/c1-8(2)15-13(17)9(3)16-7-10-5-4-6-11(10)12(16)14(18)19/h8-12H,4-7H2,1-3H3,(H,15,17)(H,18,19). The average molecular weight is 268 g/mol. The lowest BCUT2D eigenvalue weighted by Crippen LogP contribution is -2.52. The van der Waals surface area contributed by atoms with Crippen molar-refractivity contribution in [2.75, 3.05) is 6.54 Å². The molecule has 2 aliphatic rings. The molecule has 1 aliphatic heterocycles. The van der Waals surface area contributed by atoms with Gasteiger partial charge in [-0.3, -0.25) is 14.5 Å². The summed E-state index contributed by atoms with van der Waals surface area (Å²) >= 11 is 0. The summed E-state index contributed by atoms with van der Waals surface area (Å²) in [6.07, 6.45) is 3.21. The monoisotopic (exact) mass is 268 g/mol. The summed E-state index contributed by atoms with van der Waals surface area (Å²) in [5.74, 6) is -0.165. The largest absolute Gasteiger partial charge is 0.480 e. The minimum atomic E-state index is -0.779. The van der Waals surface area contributed by atoms with E-state index in [0.717, 1.165) is 25.8 Å². The second-order valence-electron chi connectivity index (χ2n) is 6.17. The fraction of sp³-hybridized carbons (Fsp3) is 0.857. The quantitative estimate of drug-likeness (QED) is 0.800. The predicted octanol–water partition coefficient (Wildman–Crippen LogP) is 1.08. The summed E-state index contributed by atoms with van der Waals surface area (Å²) in [5, 5.41) is 12.3. The SMILES string of the molecule is CC(C)NC(=O)C(C)N1CC2CCCC2C1C(=O)O. The molecule has 1 heterocycles. The van der Waals surface area contributed by atoms with Gasteiger partial charge in [0.15, 0.2) is 0 Å². The summed E-state index contributed by atoms with van der Waals surface area (Å²) in [7, 11) is 0. The van der Waals surface area contributed by atoms with Crippen molar-refractivity contribution in [3.63, 3.8) is 0 Å². The van der Waals surface area contributed by atoms with E-state index in [0.29, 0.717) is 5.92 Å². The van der Waals surface area contributed by atoms with Gasteiger partial charge in [-0.2, -0.15) is 0 Å². The van der Waals surface area contributed by atoms with E-state index in [2.05, 4.69) is 5.32 Å². The van der Waals surface area contributed by atoms with E-state index in [9.17, 15) is 14.7 Å². The maximum absolute atomic E-state index is 12.1. The van der Waals surface area contributed by atoms with Crippen LogP contribution in [0, 0.1) is 11.8 Å². The van der Waals surface area contributed by atoms with Crippen LogP contribution in [0.5, 0.6) is 0 Å². The molecule has 4 atom stereocenters. The van der Waals surface area contributed by atoms with Crippen molar-refractivity contribution in [2.24, 2.45) is 11.8 Å². The van der Waals surface area contributed by atoms with E-state index in [1.807, 2.05) is 25.7 Å². The predicted molar refractivity (Wildman–Crippen MR) is 71.7 cm³/mol. The first-order valence-corrected chi connectivity index (χ1v) is 7.20. The molecule has 5 nitrogen and oxygen atoms in total. The number of carbonyl (C=O) groups is 2. The molecule has 4 unspecified atom stereocenters. The number of aliphatic carboxylic acids is 1. The highest BCUT2D eigenvalue weighted by Gasteiger charge is 2.50. The number of carboxylic acid groups (broad SMARTS) is 1. The van der Waals surface area contributed by atoms with Gasteiger partial charge in [0.2, 0.25) is 5.91 Å². The number of carbonyl (C=O) groups excluding carboxylic acids is 1. The second-order valence-corrected chi connectivity index (χ2v) is 6.17. The minimum Gasteiger partial charge on any atom is -0.480 e. The van der Waals surface area contributed by atoms with Crippen LogP contribution in [-0.2, 0) is 9.59 Å². The van der Waals surface area contributed by atoms with Crippen molar-refractivity contribution in [3.05, 3.63) is 0 Å². The van der Waals surface area contributed by atoms with Crippen LogP contribution in [0.15, 0.2) is 0 Å². The molecule has 0 aromatic carbocycles. The molecule has 0 bridgehead atoms. The van der Waals surface area contributed by atoms with Crippen molar-refractivity contribution < 1.29 is 14.7 Å². The lowest BCUT2D eigenvalue weighted by molar-refractivity contribution is -0.145. The number of nitrogens with one attached hydrogen (secondary N) is 1. The number of rotatable bonds is 4. The number of amides is 1. The number of likely N-dealkylation sites (tertiary alicyclic amines) is 1. The number of hydrogen-bond acceptors (Lipinski definition) is 3. The number of fused-ring (bicyclic) bond motifs is 1. The summed E-state index contributed by atoms with van der Waals surface area (Å²) in [4.78, 5) is 25.5. The van der Waals surface area contributed by atoms with Gasteiger partial charge in [-0.1, -0.05) is 6.42 Å². The smallest absolute Gasteiger partial charge is 0.321 e. The van der Waals surface area contributed by atoms with Crippen LogP contribution in [0.2, 0.25) is 0 Å². The Bertz CT molecular complexity index is 370. The summed E-state index contributed by atoms with van der Waals surface area (Å²) in [6, 6.07) is -0.769. The zero-order valence-electron chi connectivity index (χ0n) is 11.9. The maximum Gasteiger partial charge on any atom is 0.321 e. The molecule has 0 aromatic heterocycles. The van der Waals surface area contributed by atoms with Crippen molar-refractivity contribution in [1.82, 2.24) is 10.2 Å². The van der Waals surface area contributed by atoms with Crippen LogP contribution in [0.25, 0.3) is 0 Å². The Labute approximate surface area is 114 Å². The first kappa shape index (κ1) is 14.3. The molecule has 2 rings (SSSR count). The van der Waals surface area contributed by atoms with Gasteiger partial charge in [-0.05, 0) is 45.4 Å². The zero-order chi connectivity index (χ0) is 14.2. The molecule has 19 heavy (non-hydrogen) atoms. The third-order valence-corrected chi connectivity index (χ3v) is 4.49. The van der Waals surface area contributed by atoms with Crippen molar-refractivity contribution in [3.8, 4) is 0 Å². The Morgan fingerprint density at radius 2 is 1.95 bits per heavy atom. The van der Waals surface area contributed by atoms with E-state index in [4.69, 9.17) is 0 Å². The van der Waals surface area contributed by atoms with Gasteiger partial charge in [0.25, 0.3) is 0 Å². The number of nitrogens with zero attached hydrogens (tertiary/aromatic N) is 1. The van der Waals surface area contributed by atoms with E-state index in [-0.39, 0.29) is 23.9 Å². The second kappa shape index (κ2) is 5.49. The van der Waals surface area contributed by atoms with Gasteiger partial charge < -0.3 is 10.4 Å². The Morgan fingerprint density at radius 1 is 1.26 bits per heavy atom. The summed E-state index contributed by atoms with van der Waals surface area (Å²) < 4.78 is 0. The van der Waals surface area contributed by atoms with E-state index >= 15 is 0 Å². The molecule has 1 saturated heterocycles. The summed E-state index contributed by atoms with van der Waals surface area (Å²) in [6.45, 7) is 6.39. The lowest BCUT2D eigenvalue weighted by Gasteiger charge is -2.29. The van der Waals surface area contributed by atoms with Crippen molar-refractivity contribution in [2.45, 2.75) is 58.2 Å². The van der Waals surface area contributed by atoms with Gasteiger partial charge in [0.05, 0.1) is 6.04 Å². The third kappa shape index (κ3) is 2.76. The van der Waals surface area contributed by atoms with Crippen LogP contribution in [0.3, 0.4) is 0 Å². The van der Waals surface area contributed by atoms with Crippen LogP contribution in [0.1, 0.15) is 40.0 Å². The lowest BCUT2D eigenvalue weighted by atomic mass is 9.94. The minimum absolute atomic E-state index is 0.0683. The van der Waals surface area contributed by atoms with Gasteiger partial charge in [-0.15, -0.1) is 0 Å². The van der Waals surface area contributed by atoms with Crippen LogP contribution in [0.4, 0.5) is 0 Å². The molecule has 0 radical (unpaired) electrons. The molecular weight excluding hydrogens is 244 g/mol. The Balaban J connectivity index is 2.10. The molecule has 0 spiro atoms. The van der Waals surface area contributed by atoms with Gasteiger partial charge in [-0.25, -0.2) is 0 Å². The van der Waals surface area contributed by atoms with Gasteiger partial charge in [0.1, 0.15) is 6.04 Å². The molecule has 1 saturated carbocycles. The van der Waals surface area contributed by atoms with Crippen LogP contribution in [-0.4, -0.2) is 46.6 Å². The molecule has 2 N–H and O–H groups in total. The Kier molecular flexibility index (Phi) is 4.13. The molecule has 0 aromatic rings. The van der Waals surface area contributed by atoms with Gasteiger partial charge in [0, 0.05) is 12.6 Å². The van der Waals surface area contributed by atoms with Gasteiger partial charge >= 0.3 is 5.97 Å². The summed E-state index contributed by atoms with van der Waals surface area (Å²) in [5.41, 5.74) is 0. The normalized spacial score (nSPS) is 32.3. The molecule has 108 valence electrons. The molecular formula is C14H24N2O3. The third-order valence-electron chi connectivity index (χ3n) is 4.49. The first-order valence-electron chi connectivity index (χ1n) is 7.20. The average Bonchev–Trinajstić information content (AvgIpc) is 2.84. The van der Waals surface area contributed by atoms with Crippen molar-refractivity contribution in [1.29, 1.82) is 0 Å². The highest BCUT2D eigenvalue weighted by molar-refractivity contribution is 5.83. The highest BCUT2D eigenvalue weighted by Crippen LogP contribution is 2.42.